The molecule has 32 heavy (non-hydrogen) atoms. The maximum absolute atomic E-state index is 12.7. The van der Waals surface area contributed by atoms with Gasteiger partial charge in [-0.2, -0.15) is 10.2 Å². The maximum Gasteiger partial charge on any atom is 0.291 e. The van der Waals surface area contributed by atoms with Crippen molar-refractivity contribution in [1.82, 2.24) is 15.2 Å². The predicted octanol–water partition coefficient (Wildman–Crippen LogP) is 4.52. The number of hydrogen-bond acceptors (Lipinski definition) is 5. The van der Waals surface area contributed by atoms with Crippen LogP contribution in [0.2, 0.25) is 0 Å². The van der Waals surface area contributed by atoms with Crippen LogP contribution in [-0.4, -0.2) is 26.8 Å². The molecule has 1 N–H and O–H groups in total. The lowest BCUT2D eigenvalue weighted by Gasteiger charge is -2.07. The van der Waals surface area contributed by atoms with Gasteiger partial charge in [0.15, 0.2) is 5.69 Å². The fraction of sp³-hybridized carbons (Fsp3) is 0.0417. The van der Waals surface area contributed by atoms with Crippen molar-refractivity contribution in [2.24, 2.45) is 5.10 Å². The Morgan fingerprint density at radius 1 is 1.03 bits per heavy atom. The van der Waals surface area contributed by atoms with Crippen molar-refractivity contribution >= 4 is 17.8 Å². The summed E-state index contributed by atoms with van der Waals surface area (Å²) < 4.78 is 1.71. The second-order valence-corrected chi connectivity index (χ2v) is 7.08. The van der Waals surface area contributed by atoms with Crippen LogP contribution in [0.1, 0.15) is 21.6 Å². The van der Waals surface area contributed by atoms with Crippen LogP contribution in [0, 0.1) is 17.0 Å². The summed E-state index contributed by atoms with van der Waals surface area (Å²) in [6.07, 6.45) is 1.35. The van der Waals surface area contributed by atoms with E-state index in [0.717, 1.165) is 22.5 Å². The zero-order chi connectivity index (χ0) is 22.5. The lowest BCUT2D eigenvalue weighted by molar-refractivity contribution is -0.384. The fourth-order valence-electron chi connectivity index (χ4n) is 3.13. The molecule has 8 nitrogen and oxygen atoms in total. The Hall–Kier alpha value is -4.59. The third-order valence-electron chi connectivity index (χ3n) is 4.75. The number of para-hydroxylation sites is 1. The number of benzene rings is 3. The smallest absolute Gasteiger partial charge is 0.265 e. The van der Waals surface area contributed by atoms with Crippen LogP contribution in [0.3, 0.4) is 0 Å². The van der Waals surface area contributed by atoms with E-state index in [0.29, 0.717) is 5.56 Å². The first-order chi connectivity index (χ1) is 15.5. The van der Waals surface area contributed by atoms with Crippen molar-refractivity contribution in [1.29, 1.82) is 0 Å². The van der Waals surface area contributed by atoms with Gasteiger partial charge in [-0.15, -0.1) is 0 Å². The van der Waals surface area contributed by atoms with Crippen LogP contribution < -0.4 is 5.43 Å². The summed E-state index contributed by atoms with van der Waals surface area (Å²) in [5.74, 6) is -0.491. The van der Waals surface area contributed by atoms with Crippen molar-refractivity contribution in [2.75, 3.05) is 0 Å². The molecule has 0 fully saturated rings. The average molecular weight is 425 g/mol. The zero-order valence-electron chi connectivity index (χ0n) is 17.2. The summed E-state index contributed by atoms with van der Waals surface area (Å²) in [4.78, 5) is 23.1. The van der Waals surface area contributed by atoms with Gasteiger partial charge in [0.05, 0.1) is 22.5 Å². The van der Waals surface area contributed by atoms with E-state index in [1.807, 2.05) is 61.5 Å². The van der Waals surface area contributed by atoms with Crippen molar-refractivity contribution in [2.45, 2.75) is 6.92 Å². The maximum atomic E-state index is 12.7. The van der Waals surface area contributed by atoms with E-state index in [1.165, 1.54) is 18.3 Å². The van der Waals surface area contributed by atoms with Gasteiger partial charge in [0.1, 0.15) is 0 Å². The molecule has 0 saturated carbocycles. The summed E-state index contributed by atoms with van der Waals surface area (Å²) in [5.41, 5.74) is 6.72. The minimum atomic E-state index is -0.491. The molecule has 0 aliphatic heterocycles. The molecule has 158 valence electrons. The van der Waals surface area contributed by atoms with Crippen LogP contribution in [0.5, 0.6) is 0 Å². The Balaban J connectivity index is 1.60. The van der Waals surface area contributed by atoms with E-state index < -0.39 is 10.8 Å². The lowest BCUT2D eigenvalue weighted by Crippen LogP contribution is -2.18. The topological polar surface area (TPSA) is 102 Å². The molecule has 3 aromatic carbocycles. The number of carbonyl (C=O) groups excluding carboxylic acids is 1. The Bertz CT molecular complexity index is 1290. The summed E-state index contributed by atoms with van der Waals surface area (Å²) in [5, 5.41) is 19.3. The van der Waals surface area contributed by atoms with Crippen LogP contribution >= 0.6 is 0 Å². The Morgan fingerprint density at radius 2 is 1.78 bits per heavy atom. The van der Waals surface area contributed by atoms with Gasteiger partial charge < -0.3 is 0 Å². The molecule has 0 bridgehead atoms. The number of aromatic nitrogens is 2. The van der Waals surface area contributed by atoms with E-state index in [4.69, 9.17) is 0 Å². The summed E-state index contributed by atoms with van der Waals surface area (Å²) >= 11 is 0. The molecule has 4 rings (SSSR count). The van der Waals surface area contributed by atoms with Gasteiger partial charge in [-0.1, -0.05) is 60.2 Å². The molecule has 0 aliphatic rings. The van der Waals surface area contributed by atoms with Gasteiger partial charge in [-0.05, 0) is 25.1 Å². The number of aryl methyl sites for hydroxylation is 1. The summed E-state index contributed by atoms with van der Waals surface area (Å²) in [6.45, 7) is 2.01. The van der Waals surface area contributed by atoms with Gasteiger partial charge >= 0.3 is 0 Å². The first-order valence-corrected chi connectivity index (χ1v) is 9.81. The summed E-state index contributed by atoms with van der Waals surface area (Å²) in [7, 11) is 0. The minimum absolute atomic E-state index is 0.0513. The number of non-ortho nitro benzene ring substituents is 1. The normalized spacial score (nSPS) is 10.9. The third kappa shape index (κ3) is 4.59. The zero-order valence-corrected chi connectivity index (χ0v) is 17.2. The largest absolute Gasteiger partial charge is 0.291 e. The van der Waals surface area contributed by atoms with Crippen molar-refractivity contribution in [3.8, 4) is 16.9 Å². The highest BCUT2D eigenvalue weighted by molar-refractivity contribution is 5.94. The number of nitro benzene ring substituents is 1. The molecule has 0 radical (unpaired) electrons. The van der Waals surface area contributed by atoms with E-state index in [-0.39, 0.29) is 11.4 Å². The second-order valence-electron chi connectivity index (χ2n) is 7.08. The van der Waals surface area contributed by atoms with Gasteiger partial charge in [0, 0.05) is 23.3 Å². The monoisotopic (exact) mass is 425 g/mol. The highest BCUT2D eigenvalue weighted by Gasteiger charge is 2.16. The number of hydrazone groups is 1. The molecule has 4 aromatic rings. The number of rotatable bonds is 6. The number of amides is 1. The SMILES string of the molecule is Cc1ccc(-c2cc(C(=O)N/N=C\c3cccc([N+](=O)[O-])c3)nn2-c2ccccc2)cc1. The Labute approximate surface area is 184 Å². The molecular weight excluding hydrogens is 406 g/mol. The van der Waals surface area contributed by atoms with Crippen LogP contribution in [-0.2, 0) is 0 Å². The molecule has 0 aliphatic carbocycles. The Morgan fingerprint density at radius 3 is 2.50 bits per heavy atom. The second kappa shape index (κ2) is 9.05. The van der Waals surface area contributed by atoms with Gasteiger partial charge in [-0.3, -0.25) is 14.9 Å². The van der Waals surface area contributed by atoms with Crippen molar-refractivity contribution in [3.63, 3.8) is 0 Å². The number of carbonyl (C=O) groups is 1. The first-order valence-electron chi connectivity index (χ1n) is 9.81. The average Bonchev–Trinajstić information content (AvgIpc) is 3.26. The molecule has 0 unspecified atom stereocenters. The minimum Gasteiger partial charge on any atom is -0.265 e. The molecule has 0 atom stereocenters. The molecule has 1 aromatic heterocycles. The van der Waals surface area contributed by atoms with E-state index in [9.17, 15) is 14.9 Å². The van der Waals surface area contributed by atoms with E-state index in [1.54, 1.807) is 22.9 Å². The fourth-order valence-corrected chi connectivity index (χ4v) is 3.13. The van der Waals surface area contributed by atoms with Crippen molar-refractivity contribution in [3.05, 3.63) is 112 Å². The molecule has 0 saturated heterocycles. The molecule has 0 spiro atoms. The first kappa shape index (κ1) is 20.7. The number of nitro groups is 1. The third-order valence-corrected chi connectivity index (χ3v) is 4.75. The van der Waals surface area contributed by atoms with Gasteiger partial charge in [0.2, 0.25) is 0 Å². The Kier molecular flexibility index (Phi) is 5.85. The van der Waals surface area contributed by atoms with Crippen LogP contribution in [0.25, 0.3) is 16.9 Å². The quantitative estimate of drug-likeness (QED) is 0.279. The molecule has 1 amide bonds. The number of nitrogens with zero attached hydrogens (tertiary/aromatic N) is 4. The van der Waals surface area contributed by atoms with Crippen LogP contribution in [0.15, 0.2) is 90.0 Å². The van der Waals surface area contributed by atoms with Gasteiger partial charge in [-0.25, -0.2) is 10.1 Å². The van der Waals surface area contributed by atoms with E-state index in [2.05, 4.69) is 15.6 Å². The standard InChI is InChI=1S/C24H19N5O3/c1-17-10-12-19(13-11-17)23-15-22(27-28(23)20-7-3-2-4-8-20)24(30)26-25-16-18-6-5-9-21(14-18)29(31)32/h2-16H,1H3,(H,26,30)/b25-16-. The molecular formula is C24H19N5O3. The predicted molar refractivity (Wildman–Crippen MR) is 122 cm³/mol. The van der Waals surface area contributed by atoms with E-state index >= 15 is 0 Å². The highest BCUT2D eigenvalue weighted by atomic mass is 16.6. The lowest BCUT2D eigenvalue weighted by atomic mass is 10.1. The number of hydrogen-bond donors (Lipinski definition) is 1. The van der Waals surface area contributed by atoms with Crippen molar-refractivity contribution < 1.29 is 9.72 Å². The van der Waals surface area contributed by atoms with Gasteiger partial charge in [0.25, 0.3) is 11.6 Å². The van der Waals surface area contributed by atoms with Crippen LogP contribution in [0.4, 0.5) is 5.69 Å². The highest BCUT2D eigenvalue weighted by Crippen LogP contribution is 2.24. The number of nitrogens with one attached hydrogen (secondary N) is 1. The molecule has 8 heteroatoms. The summed E-state index contributed by atoms with van der Waals surface area (Å²) in [6, 6.07) is 25.2. The molecule has 1 heterocycles.